The summed E-state index contributed by atoms with van der Waals surface area (Å²) in [6.07, 6.45) is 0.860. The van der Waals surface area contributed by atoms with Crippen LogP contribution in [0.5, 0.6) is 17.2 Å². The third kappa shape index (κ3) is 5.51. The molecule has 0 aliphatic heterocycles. The van der Waals surface area contributed by atoms with Gasteiger partial charge in [-0.25, -0.2) is 9.97 Å². The molecule has 29 heavy (non-hydrogen) atoms. The van der Waals surface area contributed by atoms with Gasteiger partial charge in [-0.3, -0.25) is 0 Å². The van der Waals surface area contributed by atoms with Crippen LogP contribution in [0.25, 0.3) is 0 Å². The highest BCUT2D eigenvalue weighted by atomic mass is 16.5. The fourth-order valence-corrected chi connectivity index (χ4v) is 2.95. The average molecular weight is 394 g/mol. The minimum absolute atomic E-state index is 0.653. The first kappa shape index (κ1) is 20.3. The second-order valence-corrected chi connectivity index (χ2v) is 6.41. The van der Waals surface area contributed by atoms with Crippen LogP contribution in [0.1, 0.15) is 11.4 Å². The van der Waals surface area contributed by atoms with Gasteiger partial charge in [0.15, 0.2) is 11.5 Å². The van der Waals surface area contributed by atoms with Gasteiger partial charge in [-0.15, -0.1) is 0 Å². The van der Waals surface area contributed by atoms with Gasteiger partial charge in [0, 0.05) is 24.4 Å². The van der Waals surface area contributed by atoms with Crippen LogP contribution in [0.2, 0.25) is 0 Å². The highest BCUT2D eigenvalue weighted by Crippen LogP contribution is 2.31. The number of methoxy groups -OCH3 is 3. The largest absolute Gasteiger partial charge is 0.497 e. The minimum Gasteiger partial charge on any atom is -0.497 e. The van der Waals surface area contributed by atoms with Crippen LogP contribution in [-0.2, 0) is 6.42 Å². The number of hydrogen-bond donors (Lipinski definition) is 2. The molecule has 0 aliphatic carbocycles. The first-order chi connectivity index (χ1) is 14.1. The lowest BCUT2D eigenvalue weighted by Crippen LogP contribution is -2.08. The molecule has 1 aromatic heterocycles. The van der Waals surface area contributed by atoms with E-state index in [9.17, 15) is 0 Å². The van der Waals surface area contributed by atoms with Crippen molar-refractivity contribution in [3.05, 3.63) is 59.9 Å². The number of ether oxygens (including phenoxy) is 3. The van der Waals surface area contributed by atoms with Crippen molar-refractivity contribution in [3.63, 3.8) is 0 Å². The van der Waals surface area contributed by atoms with E-state index in [4.69, 9.17) is 14.2 Å². The van der Waals surface area contributed by atoms with E-state index in [0.717, 1.165) is 30.2 Å². The van der Waals surface area contributed by atoms with Gasteiger partial charge in [0.25, 0.3) is 0 Å². The average Bonchev–Trinajstić information content (AvgIpc) is 2.73. The Bertz CT molecular complexity index is 963. The Labute approximate surface area is 171 Å². The number of anilines is 3. The van der Waals surface area contributed by atoms with Gasteiger partial charge in [-0.1, -0.05) is 12.1 Å². The zero-order valence-corrected chi connectivity index (χ0v) is 17.2. The van der Waals surface area contributed by atoms with E-state index < -0.39 is 0 Å². The maximum absolute atomic E-state index is 5.35. The number of hydrogen-bond acceptors (Lipinski definition) is 7. The number of nitrogens with zero attached hydrogens (tertiary/aromatic N) is 2. The van der Waals surface area contributed by atoms with Crippen molar-refractivity contribution in [1.82, 2.24) is 9.97 Å². The Morgan fingerprint density at radius 1 is 0.828 bits per heavy atom. The first-order valence-electron chi connectivity index (χ1n) is 9.33. The fraction of sp³-hybridized carbons (Fsp3) is 0.273. The Kier molecular flexibility index (Phi) is 6.73. The van der Waals surface area contributed by atoms with E-state index >= 15 is 0 Å². The molecular weight excluding hydrogens is 368 g/mol. The number of aromatic nitrogens is 2. The van der Waals surface area contributed by atoms with Crippen LogP contribution in [0.4, 0.5) is 17.3 Å². The molecular formula is C22H26N4O3. The predicted molar refractivity (Wildman–Crippen MR) is 115 cm³/mol. The molecule has 0 bridgehead atoms. The third-order valence-electron chi connectivity index (χ3n) is 4.35. The monoisotopic (exact) mass is 394 g/mol. The highest BCUT2D eigenvalue weighted by Gasteiger charge is 2.07. The van der Waals surface area contributed by atoms with E-state index in [-0.39, 0.29) is 0 Å². The van der Waals surface area contributed by atoms with Crippen LogP contribution in [-0.4, -0.2) is 37.8 Å². The van der Waals surface area contributed by atoms with Crippen LogP contribution in [0, 0.1) is 6.92 Å². The summed E-state index contributed by atoms with van der Waals surface area (Å²) in [7, 11) is 4.90. The lowest BCUT2D eigenvalue weighted by Gasteiger charge is -2.12. The Morgan fingerprint density at radius 3 is 2.38 bits per heavy atom. The van der Waals surface area contributed by atoms with Gasteiger partial charge >= 0.3 is 0 Å². The zero-order chi connectivity index (χ0) is 20.6. The normalized spacial score (nSPS) is 10.3. The summed E-state index contributed by atoms with van der Waals surface area (Å²) in [5.74, 6) is 4.34. The van der Waals surface area contributed by atoms with E-state index in [1.165, 1.54) is 5.56 Å². The number of nitrogens with one attached hydrogen (secondary N) is 2. The van der Waals surface area contributed by atoms with Crippen molar-refractivity contribution in [1.29, 1.82) is 0 Å². The highest BCUT2D eigenvalue weighted by molar-refractivity contribution is 5.63. The minimum atomic E-state index is 0.653. The summed E-state index contributed by atoms with van der Waals surface area (Å²) in [5, 5.41) is 6.65. The molecule has 7 nitrogen and oxygen atoms in total. The summed E-state index contributed by atoms with van der Waals surface area (Å²) in [6.45, 7) is 2.62. The smallest absolute Gasteiger partial charge is 0.162 e. The van der Waals surface area contributed by atoms with Crippen LogP contribution < -0.4 is 24.8 Å². The molecule has 0 spiro atoms. The van der Waals surface area contributed by atoms with Gasteiger partial charge in [0.2, 0.25) is 0 Å². The van der Waals surface area contributed by atoms with Crippen molar-refractivity contribution in [2.75, 3.05) is 38.5 Å². The van der Waals surface area contributed by atoms with E-state index in [1.54, 1.807) is 21.3 Å². The molecule has 0 atom stereocenters. The van der Waals surface area contributed by atoms with Crippen LogP contribution >= 0.6 is 0 Å². The van der Waals surface area contributed by atoms with Crippen LogP contribution in [0.15, 0.2) is 48.5 Å². The van der Waals surface area contributed by atoms with E-state index in [0.29, 0.717) is 23.1 Å². The lowest BCUT2D eigenvalue weighted by molar-refractivity contribution is 0.355. The molecule has 0 saturated heterocycles. The number of benzene rings is 2. The topological polar surface area (TPSA) is 77.5 Å². The van der Waals surface area contributed by atoms with Crippen molar-refractivity contribution in [2.24, 2.45) is 0 Å². The van der Waals surface area contributed by atoms with Gasteiger partial charge in [0.1, 0.15) is 23.2 Å². The molecule has 3 aromatic rings. The summed E-state index contributed by atoms with van der Waals surface area (Å²) in [5.41, 5.74) is 2.05. The Hall–Kier alpha value is -3.48. The predicted octanol–water partition coefficient (Wildman–Crippen LogP) is 4.21. The Morgan fingerprint density at radius 2 is 1.62 bits per heavy atom. The van der Waals surface area contributed by atoms with Gasteiger partial charge < -0.3 is 24.8 Å². The molecule has 152 valence electrons. The Balaban J connectivity index is 1.66. The molecule has 2 aromatic carbocycles. The van der Waals surface area contributed by atoms with Gasteiger partial charge in [0.05, 0.1) is 21.3 Å². The second kappa shape index (κ2) is 9.64. The maximum atomic E-state index is 5.35. The zero-order valence-electron chi connectivity index (χ0n) is 17.2. The first-order valence-corrected chi connectivity index (χ1v) is 9.33. The molecule has 0 fully saturated rings. The fourth-order valence-electron chi connectivity index (χ4n) is 2.95. The number of rotatable bonds is 9. The quantitative estimate of drug-likeness (QED) is 0.563. The van der Waals surface area contributed by atoms with Crippen molar-refractivity contribution in [2.45, 2.75) is 13.3 Å². The summed E-state index contributed by atoms with van der Waals surface area (Å²) < 4.78 is 15.9. The molecule has 1 heterocycles. The SMILES string of the molecule is COc1cccc(CCNc2cc(Nc3ccc(OC)c(OC)c3)nc(C)n2)c1. The van der Waals surface area contributed by atoms with Gasteiger partial charge in [-0.05, 0) is 43.2 Å². The van der Waals surface area contributed by atoms with Crippen molar-refractivity contribution < 1.29 is 14.2 Å². The number of aryl methyl sites for hydroxylation is 1. The molecule has 0 amide bonds. The maximum Gasteiger partial charge on any atom is 0.162 e. The molecule has 0 unspecified atom stereocenters. The molecule has 3 rings (SSSR count). The summed E-state index contributed by atoms with van der Waals surface area (Å²) >= 11 is 0. The van der Waals surface area contributed by atoms with E-state index in [2.05, 4.69) is 26.7 Å². The lowest BCUT2D eigenvalue weighted by atomic mass is 10.1. The van der Waals surface area contributed by atoms with Crippen molar-refractivity contribution in [3.8, 4) is 17.2 Å². The van der Waals surface area contributed by atoms with Crippen molar-refractivity contribution >= 4 is 17.3 Å². The standard InChI is InChI=1S/C22H26N4O3/c1-15-24-21(23-11-10-16-6-5-7-18(12-16)27-2)14-22(25-15)26-17-8-9-19(28-3)20(13-17)29-4/h5-9,12-14H,10-11H2,1-4H3,(H2,23,24,25,26). The summed E-state index contributed by atoms with van der Waals surface area (Å²) in [6, 6.07) is 15.6. The third-order valence-corrected chi connectivity index (χ3v) is 4.35. The van der Waals surface area contributed by atoms with Gasteiger partial charge in [-0.2, -0.15) is 0 Å². The van der Waals surface area contributed by atoms with E-state index in [1.807, 2.05) is 49.4 Å². The second-order valence-electron chi connectivity index (χ2n) is 6.41. The molecule has 0 aliphatic rings. The summed E-state index contributed by atoms with van der Waals surface area (Å²) in [4.78, 5) is 8.94. The molecule has 7 heteroatoms. The van der Waals surface area contributed by atoms with Crippen LogP contribution in [0.3, 0.4) is 0 Å². The molecule has 2 N–H and O–H groups in total. The molecule has 0 saturated carbocycles. The molecule has 0 radical (unpaired) electrons.